The highest BCUT2D eigenvalue weighted by molar-refractivity contribution is 5.98. The lowest BCUT2D eigenvalue weighted by molar-refractivity contribution is 0.0855. The molecule has 0 amide bonds. The van der Waals surface area contributed by atoms with Gasteiger partial charge < -0.3 is 14.0 Å². The molecule has 3 aromatic rings. The summed E-state index contributed by atoms with van der Waals surface area (Å²) in [6.45, 7) is 2.12. The van der Waals surface area contributed by atoms with Gasteiger partial charge in [0.2, 0.25) is 5.78 Å². The fraction of sp³-hybridized carbons (Fsp3) is 0.350. The van der Waals surface area contributed by atoms with Gasteiger partial charge in [-0.2, -0.15) is 0 Å². The number of carbonyl (C=O) groups is 1. The fourth-order valence-electron chi connectivity index (χ4n) is 3.79. The van der Waals surface area contributed by atoms with Crippen molar-refractivity contribution in [3.8, 4) is 11.5 Å². The number of benzene rings is 1. The summed E-state index contributed by atoms with van der Waals surface area (Å²) in [4.78, 5) is 22.0. The summed E-state index contributed by atoms with van der Waals surface area (Å²) in [6.07, 6.45) is 3.11. The Hall–Kier alpha value is -2.89. The average molecular weight is 351 g/mol. The summed E-state index contributed by atoms with van der Waals surface area (Å²) in [5.41, 5.74) is 2.55. The monoisotopic (exact) mass is 351 g/mol. The number of ether oxygens (including phenoxy) is 2. The fourth-order valence-corrected chi connectivity index (χ4v) is 3.79. The van der Waals surface area contributed by atoms with Gasteiger partial charge in [0.1, 0.15) is 17.0 Å². The lowest BCUT2D eigenvalue weighted by atomic mass is 9.86. The molecule has 134 valence electrons. The van der Waals surface area contributed by atoms with Crippen molar-refractivity contribution in [1.29, 1.82) is 0 Å². The number of fused-ring (bicyclic) bond motifs is 3. The number of hydrogen-bond donors (Lipinski definition) is 0. The summed E-state index contributed by atoms with van der Waals surface area (Å²) >= 11 is 0. The van der Waals surface area contributed by atoms with E-state index in [2.05, 4.69) is 16.9 Å². The van der Waals surface area contributed by atoms with E-state index >= 15 is 0 Å². The number of nitrogens with zero attached hydrogens (tertiary/aromatic N) is 3. The Kier molecular flexibility index (Phi) is 4.11. The number of imidazole rings is 1. The first kappa shape index (κ1) is 16.6. The molecule has 1 aliphatic heterocycles. The van der Waals surface area contributed by atoms with Crippen LogP contribution in [0.25, 0.3) is 11.2 Å². The van der Waals surface area contributed by atoms with E-state index in [0.29, 0.717) is 12.2 Å². The Labute approximate surface area is 151 Å². The highest BCUT2D eigenvalue weighted by atomic mass is 16.5. The van der Waals surface area contributed by atoms with E-state index < -0.39 is 0 Å². The van der Waals surface area contributed by atoms with Crippen LogP contribution in [0.3, 0.4) is 0 Å². The van der Waals surface area contributed by atoms with Gasteiger partial charge in [0.15, 0.2) is 11.5 Å². The molecule has 6 nitrogen and oxygen atoms in total. The Bertz CT molecular complexity index is 980. The van der Waals surface area contributed by atoms with Crippen LogP contribution in [0.5, 0.6) is 11.5 Å². The Morgan fingerprint density at radius 3 is 2.85 bits per heavy atom. The lowest BCUT2D eigenvalue weighted by Crippen LogP contribution is -2.31. The minimum absolute atomic E-state index is 0.0685. The number of hydrogen-bond acceptors (Lipinski definition) is 5. The second kappa shape index (κ2) is 6.44. The molecule has 0 bridgehead atoms. The van der Waals surface area contributed by atoms with Crippen molar-refractivity contribution in [2.75, 3.05) is 14.2 Å². The highest BCUT2D eigenvalue weighted by Gasteiger charge is 2.35. The van der Waals surface area contributed by atoms with E-state index in [0.717, 1.165) is 34.6 Å². The summed E-state index contributed by atoms with van der Waals surface area (Å²) in [6, 6.07) is 9.62. The number of methoxy groups -OCH3 is 2. The van der Waals surface area contributed by atoms with E-state index in [-0.39, 0.29) is 17.7 Å². The van der Waals surface area contributed by atoms with Crippen molar-refractivity contribution in [2.24, 2.45) is 5.92 Å². The van der Waals surface area contributed by atoms with E-state index in [1.54, 1.807) is 20.4 Å². The Morgan fingerprint density at radius 2 is 2.08 bits per heavy atom. The topological polar surface area (TPSA) is 66.2 Å². The number of pyridine rings is 1. The third kappa shape index (κ3) is 2.62. The summed E-state index contributed by atoms with van der Waals surface area (Å²) < 4.78 is 12.7. The molecule has 0 spiro atoms. The summed E-state index contributed by atoms with van der Waals surface area (Å²) in [5, 5.41) is 0. The van der Waals surface area contributed by atoms with E-state index in [1.807, 2.05) is 34.9 Å². The van der Waals surface area contributed by atoms with Crippen LogP contribution < -0.4 is 9.47 Å². The molecule has 4 rings (SSSR count). The zero-order valence-electron chi connectivity index (χ0n) is 15.1. The number of aromatic nitrogens is 3. The molecule has 0 unspecified atom stereocenters. The zero-order valence-corrected chi connectivity index (χ0v) is 15.1. The third-order valence-corrected chi connectivity index (χ3v) is 5.07. The first-order chi connectivity index (χ1) is 12.6. The molecule has 0 radical (unpaired) electrons. The van der Waals surface area contributed by atoms with Crippen molar-refractivity contribution < 1.29 is 14.3 Å². The van der Waals surface area contributed by atoms with Gasteiger partial charge in [-0.25, -0.2) is 9.97 Å². The molecule has 26 heavy (non-hydrogen) atoms. The molecule has 6 heteroatoms. The molecule has 3 heterocycles. The van der Waals surface area contributed by atoms with Gasteiger partial charge in [0.05, 0.1) is 14.2 Å². The summed E-state index contributed by atoms with van der Waals surface area (Å²) in [5.74, 6) is 1.93. The standard InChI is InChI=1S/C20H21N3O3/c1-12-9-14(10-13-6-7-15(25-2)11-17(13)26-3)18(24)20-22-16-5-4-8-21-19(16)23(12)20/h4-8,11-12,14H,9-10H2,1-3H3/t12-,14+/m1/s1. The largest absolute Gasteiger partial charge is 0.497 e. The van der Waals surface area contributed by atoms with Crippen LogP contribution in [0.2, 0.25) is 0 Å². The summed E-state index contributed by atoms with van der Waals surface area (Å²) in [7, 11) is 3.26. The molecule has 0 fully saturated rings. The van der Waals surface area contributed by atoms with Crippen LogP contribution in [-0.4, -0.2) is 34.5 Å². The van der Waals surface area contributed by atoms with E-state index in [9.17, 15) is 4.79 Å². The van der Waals surface area contributed by atoms with Crippen LogP contribution in [0, 0.1) is 5.92 Å². The van der Waals surface area contributed by atoms with E-state index in [4.69, 9.17) is 9.47 Å². The maximum absolute atomic E-state index is 13.1. The predicted molar refractivity (Wildman–Crippen MR) is 97.9 cm³/mol. The maximum atomic E-state index is 13.1. The average Bonchev–Trinajstić information content (AvgIpc) is 3.06. The van der Waals surface area contributed by atoms with Gasteiger partial charge in [-0.3, -0.25) is 4.79 Å². The lowest BCUT2D eigenvalue weighted by Gasteiger charge is -2.28. The molecule has 1 aromatic carbocycles. The van der Waals surface area contributed by atoms with Crippen LogP contribution in [0.1, 0.15) is 35.6 Å². The Morgan fingerprint density at radius 1 is 1.23 bits per heavy atom. The van der Waals surface area contributed by atoms with Crippen LogP contribution in [0.4, 0.5) is 0 Å². The molecule has 2 atom stereocenters. The van der Waals surface area contributed by atoms with Gasteiger partial charge in [-0.15, -0.1) is 0 Å². The van der Waals surface area contributed by atoms with Crippen molar-refractivity contribution >= 4 is 16.9 Å². The maximum Gasteiger partial charge on any atom is 0.201 e. The number of carbonyl (C=O) groups excluding carboxylic acids is 1. The van der Waals surface area contributed by atoms with Gasteiger partial charge >= 0.3 is 0 Å². The minimum Gasteiger partial charge on any atom is -0.497 e. The quantitative estimate of drug-likeness (QED) is 0.720. The molecule has 0 saturated carbocycles. The molecular weight excluding hydrogens is 330 g/mol. The first-order valence-electron chi connectivity index (χ1n) is 8.70. The van der Waals surface area contributed by atoms with Crippen molar-refractivity contribution in [1.82, 2.24) is 14.5 Å². The van der Waals surface area contributed by atoms with Gasteiger partial charge in [0.25, 0.3) is 0 Å². The van der Waals surface area contributed by atoms with Crippen LogP contribution >= 0.6 is 0 Å². The van der Waals surface area contributed by atoms with Crippen LogP contribution in [0.15, 0.2) is 36.5 Å². The van der Waals surface area contributed by atoms with E-state index in [1.165, 1.54) is 0 Å². The number of Topliss-reactive ketones (excluding diaryl/α,β-unsaturated/α-hetero) is 1. The van der Waals surface area contributed by atoms with Crippen LogP contribution in [-0.2, 0) is 6.42 Å². The van der Waals surface area contributed by atoms with Gasteiger partial charge in [-0.05, 0) is 43.5 Å². The molecule has 0 N–H and O–H groups in total. The molecule has 2 aromatic heterocycles. The Balaban J connectivity index is 1.69. The van der Waals surface area contributed by atoms with Crippen molar-refractivity contribution in [3.63, 3.8) is 0 Å². The highest BCUT2D eigenvalue weighted by Crippen LogP contribution is 2.35. The van der Waals surface area contributed by atoms with Crippen molar-refractivity contribution in [3.05, 3.63) is 47.9 Å². The van der Waals surface area contributed by atoms with Gasteiger partial charge in [0, 0.05) is 24.2 Å². The number of rotatable bonds is 4. The normalized spacial score (nSPS) is 19.4. The molecular formula is C20H21N3O3. The zero-order chi connectivity index (χ0) is 18.3. The SMILES string of the molecule is COc1ccc(C[C@@H]2C[C@@H](C)n3c(nc4cccnc43)C2=O)c(OC)c1. The minimum atomic E-state index is -0.128. The predicted octanol–water partition coefficient (Wildman–Crippen LogP) is 3.45. The molecule has 0 aliphatic carbocycles. The molecule has 1 aliphatic rings. The molecule has 0 saturated heterocycles. The number of ketones is 1. The third-order valence-electron chi connectivity index (χ3n) is 5.07. The second-order valence-corrected chi connectivity index (χ2v) is 6.68. The van der Waals surface area contributed by atoms with Gasteiger partial charge in [-0.1, -0.05) is 6.07 Å². The smallest absolute Gasteiger partial charge is 0.201 e. The van der Waals surface area contributed by atoms with Crippen molar-refractivity contribution in [2.45, 2.75) is 25.8 Å². The second-order valence-electron chi connectivity index (χ2n) is 6.68. The first-order valence-corrected chi connectivity index (χ1v) is 8.70.